The van der Waals surface area contributed by atoms with Gasteiger partial charge in [-0.05, 0) is 18.2 Å². The molecular weight excluding hydrogens is 192 g/mol. The van der Waals surface area contributed by atoms with Crippen LogP contribution in [0.4, 0.5) is 0 Å². The molecule has 1 aromatic heterocycles. The van der Waals surface area contributed by atoms with E-state index in [4.69, 9.17) is 4.74 Å². The van der Waals surface area contributed by atoms with Gasteiger partial charge in [0.1, 0.15) is 5.75 Å². The minimum Gasteiger partial charge on any atom is -0.508 e. The van der Waals surface area contributed by atoms with Gasteiger partial charge in [-0.3, -0.25) is 0 Å². The van der Waals surface area contributed by atoms with Crippen molar-refractivity contribution in [1.82, 2.24) is 10.2 Å². The Labute approximate surface area is 87.2 Å². The first-order valence-electron chi connectivity index (χ1n) is 4.47. The highest BCUT2D eigenvalue weighted by Gasteiger charge is 2.01. The van der Waals surface area contributed by atoms with Crippen molar-refractivity contribution in [3.63, 3.8) is 0 Å². The molecule has 2 aromatic rings. The van der Waals surface area contributed by atoms with Gasteiger partial charge in [-0.1, -0.05) is 12.1 Å². The van der Waals surface area contributed by atoms with Crippen LogP contribution in [-0.4, -0.2) is 22.4 Å². The molecular formula is C11H10N2O2. The molecule has 0 saturated heterocycles. The van der Waals surface area contributed by atoms with E-state index in [-0.39, 0.29) is 5.75 Å². The summed E-state index contributed by atoms with van der Waals surface area (Å²) in [4.78, 5) is 0. The number of aromatic hydroxyl groups is 1. The average Bonchev–Trinajstić information content (AvgIpc) is 2.29. The fourth-order valence-electron chi connectivity index (χ4n) is 1.25. The zero-order valence-corrected chi connectivity index (χ0v) is 8.21. The number of rotatable bonds is 2. The van der Waals surface area contributed by atoms with Crippen LogP contribution in [0.25, 0.3) is 11.3 Å². The maximum atomic E-state index is 9.30. The smallest absolute Gasteiger partial charge is 0.233 e. The van der Waals surface area contributed by atoms with Gasteiger partial charge in [0.15, 0.2) is 0 Å². The minimum atomic E-state index is 0.213. The lowest BCUT2D eigenvalue weighted by molar-refractivity contribution is 0.392. The van der Waals surface area contributed by atoms with Crippen molar-refractivity contribution in [3.05, 3.63) is 36.4 Å². The Morgan fingerprint density at radius 3 is 2.60 bits per heavy atom. The molecule has 15 heavy (non-hydrogen) atoms. The van der Waals surface area contributed by atoms with Crippen LogP contribution in [0, 0.1) is 0 Å². The molecule has 0 aliphatic heterocycles. The van der Waals surface area contributed by atoms with Crippen LogP contribution in [0.15, 0.2) is 36.4 Å². The third kappa shape index (κ3) is 2.04. The highest BCUT2D eigenvalue weighted by molar-refractivity contribution is 5.60. The molecule has 0 unspecified atom stereocenters. The number of nitrogens with zero attached hydrogens (tertiary/aromatic N) is 2. The molecule has 4 heteroatoms. The van der Waals surface area contributed by atoms with Gasteiger partial charge in [0.05, 0.1) is 12.8 Å². The second-order valence-electron chi connectivity index (χ2n) is 3.01. The number of benzene rings is 1. The zero-order chi connectivity index (χ0) is 10.7. The van der Waals surface area contributed by atoms with Gasteiger partial charge in [0.2, 0.25) is 5.88 Å². The molecule has 4 nitrogen and oxygen atoms in total. The molecule has 0 amide bonds. The van der Waals surface area contributed by atoms with Crippen molar-refractivity contribution in [2.45, 2.75) is 0 Å². The maximum Gasteiger partial charge on any atom is 0.233 e. The van der Waals surface area contributed by atoms with Crippen molar-refractivity contribution in [3.8, 4) is 22.9 Å². The van der Waals surface area contributed by atoms with Crippen molar-refractivity contribution in [2.75, 3.05) is 7.11 Å². The number of hydrogen-bond acceptors (Lipinski definition) is 4. The van der Waals surface area contributed by atoms with E-state index >= 15 is 0 Å². The molecule has 1 N–H and O–H groups in total. The van der Waals surface area contributed by atoms with E-state index in [1.54, 1.807) is 30.3 Å². The summed E-state index contributed by atoms with van der Waals surface area (Å²) < 4.78 is 4.91. The van der Waals surface area contributed by atoms with E-state index in [2.05, 4.69) is 10.2 Å². The van der Waals surface area contributed by atoms with Crippen LogP contribution >= 0.6 is 0 Å². The fraction of sp³-hybridized carbons (Fsp3) is 0.0909. The monoisotopic (exact) mass is 202 g/mol. The second kappa shape index (κ2) is 3.96. The first-order valence-corrected chi connectivity index (χ1v) is 4.47. The third-order valence-electron chi connectivity index (χ3n) is 1.99. The van der Waals surface area contributed by atoms with Crippen molar-refractivity contribution < 1.29 is 9.84 Å². The molecule has 0 saturated carbocycles. The van der Waals surface area contributed by atoms with E-state index in [9.17, 15) is 5.11 Å². The number of aromatic nitrogens is 2. The number of phenols is 1. The van der Waals surface area contributed by atoms with Gasteiger partial charge >= 0.3 is 0 Å². The molecule has 2 rings (SSSR count). The Kier molecular flexibility index (Phi) is 2.49. The first-order chi connectivity index (χ1) is 7.29. The SMILES string of the molecule is COc1ccc(-c2cccc(O)c2)nn1. The lowest BCUT2D eigenvalue weighted by atomic mass is 10.1. The molecule has 0 aliphatic rings. The minimum absolute atomic E-state index is 0.213. The predicted molar refractivity (Wildman–Crippen MR) is 55.7 cm³/mol. The largest absolute Gasteiger partial charge is 0.508 e. The lowest BCUT2D eigenvalue weighted by Crippen LogP contribution is -1.91. The Hall–Kier alpha value is -2.10. The molecule has 0 aliphatic carbocycles. The molecule has 0 radical (unpaired) electrons. The van der Waals surface area contributed by atoms with Crippen molar-refractivity contribution in [2.24, 2.45) is 0 Å². The fourth-order valence-corrected chi connectivity index (χ4v) is 1.25. The first kappa shape index (κ1) is 9.45. The summed E-state index contributed by atoms with van der Waals surface area (Å²) in [7, 11) is 1.54. The number of methoxy groups -OCH3 is 1. The molecule has 0 fully saturated rings. The second-order valence-corrected chi connectivity index (χ2v) is 3.01. The molecule has 0 spiro atoms. The molecule has 0 bridgehead atoms. The highest BCUT2D eigenvalue weighted by atomic mass is 16.5. The average molecular weight is 202 g/mol. The molecule has 1 heterocycles. The summed E-state index contributed by atoms with van der Waals surface area (Å²) in [5.41, 5.74) is 1.52. The van der Waals surface area contributed by atoms with E-state index in [1.807, 2.05) is 6.07 Å². The zero-order valence-electron chi connectivity index (χ0n) is 8.21. The van der Waals surface area contributed by atoms with Crippen LogP contribution in [0.1, 0.15) is 0 Å². The van der Waals surface area contributed by atoms with Crippen LogP contribution in [0.2, 0.25) is 0 Å². The normalized spacial score (nSPS) is 9.93. The summed E-state index contributed by atoms with van der Waals surface area (Å²) in [5, 5.41) is 17.1. The topological polar surface area (TPSA) is 55.2 Å². The number of ether oxygens (including phenoxy) is 1. The van der Waals surface area contributed by atoms with Gasteiger partial charge in [-0.15, -0.1) is 10.2 Å². The Morgan fingerprint density at radius 1 is 1.13 bits per heavy atom. The van der Waals surface area contributed by atoms with E-state index in [0.717, 1.165) is 5.56 Å². The maximum absolute atomic E-state index is 9.30. The van der Waals surface area contributed by atoms with E-state index in [1.165, 1.54) is 7.11 Å². The molecule has 76 valence electrons. The predicted octanol–water partition coefficient (Wildman–Crippen LogP) is 1.86. The van der Waals surface area contributed by atoms with Crippen LogP contribution in [-0.2, 0) is 0 Å². The van der Waals surface area contributed by atoms with Gasteiger partial charge in [-0.2, -0.15) is 0 Å². The van der Waals surface area contributed by atoms with E-state index in [0.29, 0.717) is 11.6 Å². The Morgan fingerprint density at radius 2 is 2.00 bits per heavy atom. The van der Waals surface area contributed by atoms with E-state index < -0.39 is 0 Å². The van der Waals surface area contributed by atoms with Crippen LogP contribution in [0.5, 0.6) is 11.6 Å². The Bertz CT molecular complexity index is 454. The summed E-state index contributed by atoms with van der Waals surface area (Å²) >= 11 is 0. The Balaban J connectivity index is 2.37. The molecule has 1 aromatic carbocycles. The van der Waals surface area contributed by atoms with Crippen LogP contribution in [0.3, 0.4) is 0 Å². The van der Waals surface area contributed by atoms with Crippen LogP contribution < -0.4 is 4.74 Å². The quantitative estimate of drug-likeness (QED) is 0.807. The summed E-state index contributed by atoms with van der Waals surface area (Å²) in [6, 6.07) is 10.4. The number of phenolic OH excluding ortho intramolecular Hbond substituents is 1. The standard InChI is InChI=1S/C11H10N2O2/c1-15-11-6-5-10(12-13-11)8-3-2-4-9(14)7-8/h2-7,14H,1H3. The van der Waals surface area contributed by atoms with Crippen molar-refractivity contribution >= 4 is 0 Å². The van der Waals surface area contributed by atoms with Gasteiger partial charge in [0, 0.05) is 11.6 Å². The summed E-state index contributed by atoms with van der Waals surface area (Å²) in [6.07, 6.45) is 0. The summed E-state index contributed by atoms with van der Waals surface area (Å²) in [6.45, 7) is 0. The van der Waals surface area contributed by atoms with Gasteiger partial charge in [0.25, 0.3) is 0 Å². The van der Waals surface area contributed by atoms with Crippen molar-refractivity contribution in [1.29, 1.82) is 0 Å². The lowest BCUT2D eigenvalue weighted by Gasteiger charge is -2.01. The molecule has 0 atom stereocenters. The number of hydrogen-bond donors (Lipinski definition) is 1. The third-order valence-corrected chi connectivity index (χ3v) is 1.99. The summed E-state index contributed by atoms with van der Waals surface area (Å²) in [5.74, 6) is 0.684. The van der Waals surface area contributed by atoms with Gasteiger partial charge < -0.3 is 9.84 Å². The van der Waals surface area contributed by atoms with Gasteiger partial charge in [-0.25, -0.2) is 0 Å². The highest BCUT2D eigenvalue weighted by Crippen LogP contribution is 2.21.